The molecule has 0 atom stereocenters. The fourth-order valence-corrected chi connectivity index (χ4v) is 4.28. The molecule has 1 aromatic heterocycles. The van der Waals surface area contributed by atoms with Gasteiger partial charge in [0, 0.05) is 25.1 Å². The Morgan fingerprint density at radius 1 is 1.30 bits per heavy atom. The van der Waals surface area contributed by atoms with Crippen LogP contribution >= 0.6 is 31.9 Å². The molecule has 0 aliphatic carbocycles. The first-order valence-electron chi connectivity index (χ1n) is 5.59. The average Bonchev–Trinajstić information content (AvgIpc) is 2.72. The SMILES string of the molecule is CN(Cc1ccccc1Br)S(=O)(=O)c1c(Br)nnn1C. The summed E-state index contributed by atoms with van der Waals surface area (Å²) in [5.74, 6) is 0. The minimum atomic E-state index is -3.67. The van der Waals surface area contributed by atoms with Gasteiger partial charge >= 0.3 is 0 Å². The van der Waals surface area contributed by atoms with E-state index in [4.69, 9.17) is 0 Å². The quantitative estimate of drug-likeness (QED) is 0.755. The number of halogens is 2. The van der Waals surface area contributed by atoms with Crippen LogP contribution in [0.5, 0.6) is 0 Å². The maximum atomic E-state index is 12.5. The highest BCUT2D eigenvalue weighted by atomic mass is 79.9. The zero-order valence-corrected chi connectivity index (χ0v) is 14.8. The van der Waals surface area contributed by atoms with Crippen molar-refractivity contribution < 1.29 is 8.42 Å². The average molecular weight is 424 g/mol. The molecule has 2 rings (SSSR count). The van der Waals surface area contributed by atoms with Crippen LogP contribution in [0, 0.1) is 0 Å². The van der Waals surface area contributed by atoms with Crippen molar-refractivity contribution in [3.63, 3.8) is 0 Å². The van der Waals surface area contributed by atoms with Crippen molar-refractivity contribution in [2.45, 2.75) is 11.6 Å². The molecule has 9 heteroatoms. The number of sulfonamides is 1. The highest BCUT2D eigenvalue weighted by Crippen LogP contribution is 2.24. The molecule has 0 amide bonds. The molecule has 108 valence electrons. The molecule has 1 heterocycles. The molecule has 20 heavy (non-hydrogen) atoms. The highest BCUT2D eigenvalue weighted by molar-refractivity contribution is 9.10. The Kier molecular flexibility index (Phi) is 4.62. The molecule has 0 spiro atoms. The topological polar surface area (TPSA) is 68.1 Å². The van der Waals surface area contributed by atoms with E-state index in [9.17, 15) is 8.42 Å². The minimum Gasteiger partial charge on any atom is -0.235 e. The summed E-state index contributed by atoms with van der Waals surface area (Å²) in [6.07, 6.45) is 0. The first-order chi connectivity index (χ1) is 9.34. The molecule has 0 saturated carbocycles. The summed E-state index contributed by atoms with van der Waals surface area (Å²) in [5.41, 5.74) is 0.879. The van der Waals surface area contributed by atoms with Crippen LogP contribution in [0.4, 0.5) is 0 Å². The zero-order valence-electron chi connectivity index (χ0n) is 10.8. The summed E-state index contributed by atoms with van der Waals surface area (Å²) in [6.45, 7) is 0.251. The molecule has 0 saturated heterocycles. The molecular weight excluding hydrogens is 412 g/mol. The number of aromatic nitrogens is 3. The van der Waals surface area contributed by atoms with Gasteiger partial charge in [-0.15, -0.1) is 5.10 Å². The van der Waals surface area contributed by atoms with Crippen LogP contribution in [0.25, 0.3) is 0 Å². The van der Waals surface area contributed by atoms with Crippen molar-refractivity contribution in [2.24, 2.45) is 7.05 Å². The van der Waals surface area contributed by atoms with Crippen LogP contribution in [0.1, 0.15) is 5.56 Å². The van der Waals surface area contributed by atoms with Crippen molar-refractivity contribution in [1.29, 1.82) is 0 Å². The van der Waals surface area contributed by atoms with E-state index in [-0.39, 0.29) is 16.2 Å². The van der Waals surface area contributed by atoms with E-state index in [0.29, 0.717) is 0 Å². The molecule has 0 unspecified atom stereocenters. The summed E-state index contributed by atoms with van der Waals surface area (Å²) in [6, 6.07) is 7.48. The van der Waals surface area contributed by atoms with Gasteiger partial charge in [0.15, 0.2) is 4.60 Å². The van der Waals surface area contributed by atoms with Gasteiger partial charge in [0.2, 0.25) is 5.03 Å². The van der Waals surface area contributed by atoms with Crippen LogP contribution in [0.3, 0.4) is 0 Å². The summed E-state index contributed by atoms with van der Waals surface area (Å²) in [4.78, 5) is 0. The van der Waals surface area contributed by atoms with Crippen LogP contribution in [0.15, 0.2) is 38.4 Å². The number of nitrogens with zero attached hydrogens (tertiary/aromatic N) is 4. The molecule has 0 N–H and O–H groups in total. The predicted octanol–water partition coefficient (Wildman–Crippen LogP) is 2.16. The van der Waals surface area contributed by atoms with Gasteiger partial charge in [-0.25, -0.2) is 13.1 Å². The Morgan fingerprint density at radius 2 is 1.95 bits per heavy atom. The summed E-state index contributed by atoms with van der Waals surface area (Å²) in [7, 11) is -0.608. The van der Waals surface area contributed by atoms with Gasteiger partial charge in [-0.2, -0.15) is 4.31 Å². The van der Waals surface area contributed by atoms with Gasteiger partial charge in [-0.3, -0.25) is 0 Å². The first kappa shape index (κ1) is 15.6. The lowest BCUT2D eigenvalue weighted by Crippen LogP contribution is -2.28. The third-order valence-corrected chi connectivity index (χ3v) is 6.21. The Hall–Kier alpha value is -0.770. The molecule has 0 radical (unpaired) electrons. The van der Waals surface area contributed by atoms with Crippen molar-refractivity contribution in [3.8, 4) is 0 Å². The van der Waals surface area contributed by atoms with E-state index in [0.717, 1.165) is 10.0 Å². The molecule has 1 aromatic carbocycles. The van der Waals surface area contributed by atoms with Crippen molar-refractivity contribution in [1.82, 2.24) is 19.3 Å². The van der Waals surface area contributed by atoms with Gasteiger partial charge in [-0.05, 0) is 27.6 Å². The number of aryl methyl sites for hydroxylation is 1. The molecule has 6 nitrogen and oxygen atoms in total. The first-order valence-corrected chi connectivity index (χ1v) is 8.61. The summed E-state index contributed by atoms with van der Waals surface area (Å²) < 4.78 is 28.6. The zero-order chi connectivity index (χ0) is 14.9. The van der Waals surface area contributed by atoms with Gasteiger partial charge < -0.3 is 0 Å². The maximum Gasteiger partial charge on any atom is 0.263 e. The van der Waals surface area contributed by atoms with Crippen molar-refractivity contribution >= 4 is 41.9 Å². The molecule has 2 aromatic rings. The maximum absolute atomic E-state index is 12.5. The minimum absolute atomic E-state index is 0.0343. The fraction of sp³-hybridized carbons (Fsp3) is 0.273. The van der Waals surface area contributed by atoms with Gasteiger partial charge in [0.05, 0.1) is 0 Å². The number of hydrogen-bond donors (Lipinski definition) is 0. The fourth-order valence-electron chi connectivity index (χ4n) is 1.70. The predicted molar refractivity (Wildman–Crippen MR) is 81.5 cm³/mol. The van der Waals surface area contributed by atoms with Crippen LogP contribution in [-0.2, 0) is 23.6 Å². The second-order valence-electron chi connectivity index (χ2n) is 4.16. The van der Waals surface area contributed by atoms with E-state index in [2.05, 4.69) is 42.2 Å². The Labute approximate surface area is 134 Å². The lowest BCUT2D eigenvalue weighted by Gasteiger charge is -2.17. The van der Waals surface area contributed by atoms with Gasteiger partial charge in [-0.1, -0.05) is 39.3 Å². The largest absolute Gasteiger partial charge is 0.263 e. The molecular formula is C11H12Br2N4O2S. The summed E-state index contributed by atoms with van der Waals surface area (Å²) in [5, 5.41) is 7.43. The standard InChI is InChI=1S/C11H12Br2N4O2S/c1-16(7-8-5-3-4-6-9(8)12)20(18,19)11-10(13)14-15-17(11)2/h3-6H,7H2,1-2H3. The number of rotatable bonds is 4. The van der Waals surface area contributed by atoms with Gasteiger partial charge in [0.25, 0.3) is 10.0 Å². The lowest BCUT2D eigenvalue weighted by molar-refractivity contribution is 0.456. The van der Waals surface area contributed by atoms with E-state index in [1.807, 2.05) is 24.3 Å². The Balaban J connectivity index is 2.34. The monoisotopic (exact) mass is 422 g/mol. The third-order valence-electron chi connectivity index (χ3n) is 2.74. The van der Waals surface area contributed by atoms with E-state index in [1.165, 1.54) is 23.1 Å². The van der Waals surface area contributed by atoms with Crippen molar-refractivity contribution in [3.05, 3.63) is 38.9 Å². The number of benzene rings is 1. The molecule has 0 fully saturated rings. The normalized spacial score (nSPS) is 12.1. The van der Waals surface area contributed by atoms with E-state index >= 15 is 0 Å². The van der Waals surface area contributed by atoms with Gasteiger partial charge in [0.1, 0.15) is 0 Å². The Morgan fingerprint density at radius 3 is 2.50 bits per heavy atom. The van der Waals surface area contributed by atoms with E-state index < -0.39 is 10.0 Å². The lowest BCUT2D eigenvalue weighted by atomic mass is 10.2. The smallest absolute Gasteiger partial charge is 0.235 e. The molecule has 0 aliphatic heterocycles. The van der Waals surface area contributed by atoms with Crippen molar-refractivity contribution in [2.75, 3.05) is 7.05 Å². The number of hydrogen-bond acceptors (Lipinski definition) is 4. The third kappa shape index (κ3) is 2.95. The van der Waals surface area contributed by atoms with Crippen LogP contribution < -0.4 is 0 Å². The second-order valence-corrected chi connectivity index (χ2v) is 7.73. The highest BCUT2D eigenvalue weighted by Gasteiger charge is 2.28. The molecule has 0 aliphatic rings. The van der Waals surface area contributed by atoms with Crippen LogP contribution in [0.2, 0.25) is 0 Å². The van der Waals surface area contributed by atoms with E-state index in [1.54, 1.807) is 0 Å². The second kappa shape index (κ2) is 5.92. The summed E-state index contributed by atoms with van der Waals surface area (Å²) >= 11 is 6.52. The van der Waals surface area contributed by atoms with Crippen LogP contribution in [-0.4, -0.2) is 34.8 Å². The Bertz CT molecular complexity index is 710. The molecule has 0 bridgehead atoms.